The Kier molecular flexibility index (Phi) is 0.571. The van der Waals surface area contributed by atoms with Crippen LogP contribution in [0.1, 0.15) is 25.7 Å². The molecule has 0 radical (unpaired) electrons. The molecule has 0 unspecified atom stereocenters. The predicted molar refractivity (Wildman–Crippen MR) is 27.2 cm³/mol. The molecule has 0 amide bonds. The van der Waals surface area contributed by atoms with Crippen molar-refractivity contribution in [2.45, 2.75) is 31.3 Å². The highest BCUT2D eigenvalue weighted by molar-refractivity contribution is 4.95. The molecule has 1 saturated heterocycles. The van der Waals surface area contributed by atoms with Crippen molar-refractivity contribution in [2.24, 2.45) is 0 Å². The van der Waals surface area contributed by atoms with Crippen LogP contribution in [0.15, 0.2) is 0 Å². The monoisotopic (exact) mass is 98.1 g/mol. The average molecular weight is 98.1 g/mol. The standard InChI is InChI=1S/C6H10O/c1-2-4-6(3-1)5-7-6/h1-5H2. The van der Waals surface area contributed by atoms with Gasteiger partial charge in [0.2, 0.25) is 0 Å². The van der Waals surface area contributed by atoms with Crippen LogP contribution in [-0.4, -0.2) is 12.2 Å². The van der Waals surface area contributed by atoms with Crippen LogP contribution >= 0.6 is 0 Å². The molecular formula is C6H10O. The summed E-state index contributed by atoms with van der Waals surface area (Å²) in [6, 6.07) is 0. The fraction of sp³-hybridized carbons (Fsp3) is 1.00. The van der Waals surface area contributed by atoms with Crippen molar-refractivity contribution in [3.05, 3.63) is 0 Å². The molecule has 0 bridgehead atoms. The molecule has 0 atom stereocenters. The zero-order valence-electron chi connectivity index (χ0n) is 4.44. The third-order valence-electron chi connectivity index (χ3n) is 2.07. The molecule has 1 heteroatoms. The molecule has 2 fully saturated rings. The van der Waals surface area contributed by atoms with Gasteiger partial charge in [0.1, 0.15) is 0 Å². The minimum absolute atomic E-state index is 0.444. The summed E-state index contributed by atoms with van der Waals surface area (Å²) in [4.78, 5) is 0. The summed E-state index contributed by atoms with van der Waals surface area (Å²) in [5.74, 6) is 0. The van der Waals surface area contributed by atoms with E-state index in [1.165, 1.54) is 25.7 Å². The molecule has 2 aliphatic rings. The highest BCUT2D eigenvalue weighted by Crippen LogP contribution is 2.42. The van der Waals surface area contributed by atoms with Crippen LogP contribution in [0, 0.1) is 0 Å². The summed E-state index contributed by atoms with van der Waals surface area (Å²) in [6.45, 7) is 1.06. The van der Waals surface area contributed by atoms with Crippen molar-refractivity contribution in [3.63, 3.8) is 0 Å². The molecule has 1 saturated carbocycles. The third kappa shape index (κ3) is 0.480. The van der Waals surface area contributed by atoms with E-state index < -0.39 is 0 Å². The second kappa shape index (κ2) is 1.03. The van der Waals surface area contributed by atoms with E-state index in [9.17, 15) is 0 Å². The molecule has 7 heavy (non-hydrogen) atoms. The van der Waals surface area contributed by atoms with E-state index >= 15 is 0 Å². The van der Waals surface area contributed by atoms with E-state index in [2.05, 4.69) is 0 Å². The first-order valence-corrected chi connectivity index (χ1v) is 3.05. The van der Waals surface area contributed by atoms with Gasteiger partial charge in [-0.05, 0) is 12.8 Å². The Balaban J connectivity index is 2.07. The van der Waals surface area contributed by atoms with Gasteiger partial charge in [-0.15, -0.1) is 0 Å². The average Bonchev–Trinajstić information content (AvgIpc) is 2.15. The molecule has 0 aromatic heterocycles. The maximum Gasteiger partial charge on any atom is 0.0916 e. The fourth-order valence-electron chi connectivity index (χ4n) is 1.41. The van der Waals surface area contributed by atoms with E-state index in [0.29, 0.717) is 5.60 Å². The number of epoxide rings is 1. The highest BCUT2D eigenvalue weighted by atomic mass is 16.6. The highest BCUT2D eigenvalue weighted by Gasteiger charge is 2.46. The third-order valence-corrected chi connectivity index (χ3v) is 2.07. The Morgan fingerprint density at radius 1 is 1.14 bits per heavy atom. The fourth-order valence-corrected chi connectivity index (χ4v) is 1.41. The molecule has 40 valence electrons. The van der Waals surface area contributed by atoms with E-state index in [0.717, 1.165) is 6.61 Å². The molecule has 1 aliphatic carbocycles. The second-order valence-corrected chi connectivity index (χ2v) is 2.68. The van der Waals surface area contributed by atoms with Crippen molar-refractivity contribution in [2.75, 3.05) is 6.61 Å². The molecule has 2 rings (SSSR count). The predicted octanol–water partition coefficient (Wildman–Crippen LogP) is 1.33. The lowest BCUT2D eigenvalue weighted by Gasteiger charge is -1.93. The Labute approximate surface area is 43.7 Å². The van der Waals surface area contributed by atoms with Crippen molar-refractivity contribution in [1.29, 1.82) is 0 Å². The molecular weight excluding hydrogens is 88.1 g/mol. The summed E-state index contributed by atoms with van der Waals surface area (Å²) in [5, 5.41) is 0. The van der Waals surface area contributed by atoms with Gasteiger partial charge < -0.3 is 4.74 Å². The van der Waals surface area contributed by atoms with Crippen molar-refractivity contribution in [1.82, 2.24) is 0 Å². The molecule has 1 spiro atoms. The van der Waals surface area contributed by atoms with Gasteiger partial charge in [0.05, 0.1) is 12.2 Å². The lowest BCUT2D eigenvalue weighted by molar-refractivity contribution is 0.309. The van der Waals surface area contributed by atoms with E-state index in [4.69, 9.17) is 4.74 Å². The first-order valence-electron chi connectivity index (χ1n) is 3.05. The lowest BCUT2D eigenvalue weighted by atomic mass is 10.1. The van der Waals surface area contributed by atoms with Crippen LogP contribution in [0.4, 0.5) is 0 Å². The van der Waals surface area contributed by atoms with Crippen LogP contribution in [0.25, 0.3) is 0 Å². The van der Waals surface area contributed by atoms with Crippen LogP contribution in [0.3, 0.4) is 0 Å². The number of hydrogen-bond donors (Lipinski definition) is 0. The molecule has 1 aliphatic heterocycles. The summed E-state index contributed by atoms with van der Waals surface area (Å²) < 4.78 is 5.26. The molecule has 0 N–H and O–H groups in total. The van der Waals surface area contributed by atoms with Gasteiger partial charge in [0, 0.05) is 0 Å². The van der Waals surface area contributed by atoms with Gasteiger partial charge >= 0.3 is 0 Å². The van der Waals surface area contributed by atoms with Gasteiger partial charge in [-0.1, -0.05) is 12.8 Å². The van der Waals surface area contributed by atoms with Crippen molar-refractivity contribution in [3.8, 4) is 0 Å². The van der Waals surface area contributed by atoms with Crippen molar-refractivity contribution >= 4 is 0 Å². The first kappa shape index (κ1) is 3.90. The van der Waals surface area contributed by atoms with E-state index in [-0.39, 0.29) is 0 Å². The Morgan fingerprint density at radius 3 is 2.00 bits per heavy atom. The van der Waals surface area contributed by atoms with Gasteiger partial charge in [0.15, 0.2) is 0 Å². The topological polar surface area (TPSA) is 12.5 Å². The van der Waals surface area contributed by atoms with Gasteiger partial charge in [-0.2, -0.15) is 0 Å². The summed E-state index contributed by atoms with van der Waals surface area (Å²) in [6.07, 6.45) is 5.49. The van der Waals surface area contributed by atoms with Gasteiger partial charge in [0.25, 0.3) is 0 Å². The largest absolute Gasteiger partial charge is 0.370 e. The van der Waals surface area contributed by atoms with E-state index in [1.807, 2.05) is 0 Å². The van der Waals surface area contributed by atoms with Crippen LogP contribution in [0.5, 0.6) is 0 Å². The number of rotatable bonds is 0. The smallest absolute Gasteiger partial charge is 0.0916 e. The lowest BCUT2D eigenvalue weighted by Crippen LogP contribution is -2.00. The molecule has 1 nitrogen and oxygen atoms in total. The summed E-state index contributed by atoms with van der Waals surface area (Å²) in [5.41, 5.74) is 0.444. The van der Waals surface area contributed by atoms with Crippen LogP contribution < -0.4 is 0 Å². The van der Waals surface area contributed by atoms with Crippen LogP contribution in [0.2, 0.25) is 0 Å². The number of ether oxygens (including phenoxy) is 1. The maximum absolute atomic E-state index is 5.26. The van der Waals surface area contributed by atoms with Gasteiger partial charge in [-0.25, -0.2) is 0 Å². The molecule has 1 heterocycles. The zero-order valence-corrected chi connectivity index (χ0v) is 4.44. The minimum Gasteiger partial charge on any atom is -0.370 e. The van der Waals surface area contributed by atoms with Gasteiger partial charge in [-0.3, -0.25) is 0 Å². The number of hydrogen-bond acceptors (Lipinski definition) is 1. The summed E-state index contributed by atoms with van der Waals surface area (Å²) in [7, 11) is 0. The second-order valence-electron chi connectivity index (χ2n) is 2.68. The minimum atomic E-state index is 0.444. The Bertz CT molecular complexity index is 76.2. The molecule has 0 aromatic carbocycles. The zero-order chi connectivity index (χ0) is 4.74. The Hall–Kier alpha value is -0.0400. The SMILES string of the molecule is C1CCC2(C1)CO2. The molecule has 0 aromatic rings. The van der Waals surface area contributed by atoms with E-state index in [1.54, 1.807) is 0 Å². The quantitative estimate of drug-likeness (QED) is 0.416. The maximum atomic E-state index is 5.26. The van der Waals surface area contributed by atoms with Crippen LogP contribution in [-0.2, 0) is 4.74 Å². The first-order chi connectivity index (χ1) is 3.41. The normalized spacial score (nSPS) is 34.3. The summed E-state index contributed by atoms with van der Waals surface area (Å²) >= 11 is 0. The van der Waals surface area contributed by atoms with Crippen molar-refractivity contribution < 1.29 is 4.74 Å². The Morgan fingerprint density at radius 2 is 1.71 bits per heavy atom.